The maximum Gasteiger partial charge on any atom is 0.258 e. The molecule has 3 aromatic rings. The summed E-state index contributed by atoms with van der Waals surface area (Å²) in [6.07, 6.45) is 1.71. The van der Waals surface area contributed by atoms with E-state index in [-0.39, 0.29) is 11.3 Å². The summed E-state index contributed by atoms with van der Waals surface area (Å²) in [6.45, 7) is 1.93. The van der Waals surface area contributed by atoms with Gasteiger partial charge in [0, 0.05) is 28.9 Å². The molecule has 0 amide bonds. The number of Topliss-reactive ketones (excluding diaryl/α,β-unsaturated/α-hetero) is 1. The van der Waals surface area contributed by atoms with Crippen LogP contribution in [-0.4, -0.2) is 15.2 Å². The molecular weight excluding hydrogens is 286 g/mol. The smallest absolute Gasteiger partial charge is 0.258 e. The quantitative estimate of drug-likeness (QED) is 0.752. The third-order valence-corrected chi connectivity index (χ3v) is 3.88. The molecule has 0 aliphatic heterocycles. The Hall–Kier alpha value is -2.47. The van der Waals surface area contributed by atoms with Gasteiger partial charge in [-0.25, -0.2) is 4.98 Å². The van der Waals surface area contributed by atoms with Crippen LogP contribution in [0.15, 0.2) is 46.7 Å². The Morgan fingerprint density at radius 2 is 2.19 bits per heavy atom. The van der Waals surface area contributed by atoms with Crippen molar-refractivity contribution in [2.24, 2.45) is 0 Å². The number of hydrogen-bond donors (Lipinski definition) is 1. The Morgan fingerprint density at radius 1 is 1.38 bits per heavy atom. The fourth-order valence-electron chi connectivity index (χ4n) is 2.11. The van der Waals surface area contributed by atoms with E-state index < -0.39 is 0 Å². The van der Waals surface area contributed by atoms with Gasteiger partial charge >= 0.3 is 0 Å². The Labute approximate surface area is 124 Å². The summed E-state index contributed by atoms with van der Waals surface area (Å²) in [6, 6.07) is 8.80. The molecule has 2 aromatic heterocycles. The van der Waals surface area contributed by atoms with Gasteiger partial charge in [-0.05, 0) is 19.1 Å². The Kier molecular flexibility index (Phi) is 3.53. The number of aromatic nitrogens is 2. The number of carbonyl (C=O) groups excluding carboxylic acids is 1. The van der Waals surface area contributed by atoms with Gasteiger partial charge in [0.25, 0.3) is 5.56 Å². The molecule has 0 fully saturated rings. The maximum atomic E-state index is 11.9. The lowest BCUT2D eigenvalue weighted by Gasteiger charge is -2.09. The van der Waals surface area contributed by atoms with Gasteiger partial charge in [-0.15, -0.1) is 11.3 Å². The number of hydrogen-bond acceptors (Lipinski definition) is 5. The topological polar surface area (TPSA) is 63.5 Å². The number of anilines is 1. The zero-order valence-electron chi connectivity index (χ0n) is 11.4. The van der Waals surface area contributed by atoms with E-state index in [1.54, 1.807) is 12.3 Å². The van der Waals surface area contributed by atoms with Crippen LogP contribution in [0.3, 0.4) is 0 Å². The third kappa shape index (κ3) is 2.71. The third-order valence-electron chi connectivity index (χ3n) is 3.12. The first-order valence-electron chi connectivity index (χ1n) is 6.45. The Morgan fingerprint density at radius 3 is 3.00 bits per heavy atom. The van der Waals surface area contributed by atoms with Crippen molar-refractivity contribution in [1.29, 1.82) is 0 Å². The Balaban J connectivity index is 1.87. The van der Waals surface area contributed by atoms with Gasteiger partial charge in [0.15, 0.2) is 10.7 Å². The van der Waals surface area contributed by atoms with E-state index in [1.807, 2.05) is 23.6 Å². The van der Waals surface area contributed by atoms with Crippen LogP contribution >= 0.6 is 11.3 Å². The van der Waals surface area contributed by atoms with Crippen LogP contribution in [-0.2, 0) is 6.54 Å². The lowest BCUT2D eigenvalue weighted by molar-refractivity contribution is 0.101. The SMILES string of the molecule is CC(=O)c1ccccc1NCc1cc(=O)n2ccsc2n1. The molecule has 3 rings (SSSR count). The molecule has 0 saturated carbocycles. The summed E-state index contributed by atoms with van der Waals surface area (Å²) >= 11 is 1.42. The number of para-hydroxylation sites is 1. The normalized spacial score (nSPS) is 10.7. The number of fused-ring (bicyclic) bond motifs is 1. The molecule has 0 unspecified atom stereocenters. The minimum Gasteiger partial charge on any atom is -0.379 e. The minimum atomic E-state index is -0.0992. The van der Waals surface area contributed by atoms with Crippen molar-refractivity contribution in [2.45, 2.75) is 13.5 Å². The molecular formula is C15H13N3O2S. The second-order valence-corrected chi connectivity index (χ2v) is 5.47. The molecule has 2 heterocycles. The van der Waals surface area contributed by atoms with E-state index in [0.717, 1.165) is 5.69 Å². The fraction of sp³-hybridized carbons (Fsp3) is 0.133. The van der Waals surface area contributed by atoms with Crippen LogP contribution in [0.25, 0.3) is 4.96 Å². The lowest BCUT2D eigenvalue weighted by atomic mass is 10.1. The van der Waals surface area contributed by atoms with Crippen LogP contribution in [0.2, 0.25) is 0 Å². The highest BCUT2D eigenvalue weighted by molar-refractivity contribution is 7.15. The van der Waals surface area contributed by atoms with Crippen molar-refractivity contribution >= 4 is 27.8 Å². The van der Waals surface area contributed by atoms with Crippen molar-refractivity contribution in [1.82, 2.24) is 9.38 Å². The van der Waals surface area contributed by atoms with Gasteiger partial charge in [-0.1, -0.05) is 12.1 Å². The highest BCUT2D eigenvalue weighted by Crippen LogP contribution is 2.16. The standard InChI is InChI=1S/C15H13N3O2S/c1-10(19)12-4-2-3-5-13(12)16-9-11-8-14(20)18-6-7-21-15(18)17-11/h2-8,16H,9H2,1H3. The van der Waals surface area contributed by atoms with Crippen LogP contribution < -0.4 is 10.9 Å². The highest BCUT2D eigenvalue weighted by atomic mass is 32.1. The monoisotopic (exact) mass is 299 g/mol. The van der Waals surface area contributed by atoms with Gasteiger partial charge in [-0.3, -0.25) is 14.0 Å². The van der Waals surface area contributed by atoms with E-state index in [2.05, 4.69) is 10.3 Å². The van der Waals surface area contributed by atoms with Gasteiger partial charge in [0.2, 0.25) is 0 Å². The summed E-state index contributed by atoms with van der Waals surface area (Å²) in [5, 5.41) is 4.99. The van der Waals surface area contributed by atoms with E-state index in [0.29, 0.717) is 22.8 Å². The van der Waals surface area contributed by atoms with Crippen LogP contribution in [0.5, 0.6) is 0 Å². The van der Waals surface area contributed by atoms with Crippen molar-refractivity contribution in [2.75, 3.05) is 5.32 Å². The summed E-state index contributed by atoms with van der Waals surface area (Å²) in [4.78, 5) is 28.5. The first-order chi connectivity index (χ1) is 10.1. The average Bonchev–Trinajstić information content (AvgIpc) is 2.94. The molecule has 106 valence electrons. The first kappa shape index (κ1) is 13.5. The molecule has 1 aromatic carbocycles. The van der Waals surface area contributed by atoms with E-state index in [4.69, 9.17) is 0 Å². The number of carbonyl (C=O) groups is 1. The lowest BCUT2D eigenvalue weighted by Crippen LogP contribution is -2.15. The fourth-order valence-corrected chi connectivity index (χ4v) is 2.85. The molecule has 0 spiro atoms. The molecule has 1 N–H and O–H groups in total. The predicted octanol–water partition coefficient (Wildman–Crippen LogP) is 2.57. The molecule has 6 heteroatoms. The summed E-state index contributed by atoms with van der Waals surface area (Å²) in [7, 11) is 0. The summed E-state index contributed by atoms with van der Waals surface area (Å²) in [5.41, 5.74) is 1.93. The van der Waals surface area contributed by atoms with Crippen molar-refractivity contribution < 1.29 is 4.79 Å². The van der Waals surface area contributed by atoms with E-state index in [9.17, 15) is 9.59 Å². The molecule has 0 aliphatic carbocycles. The molecule has 0 aliphatic rings. The van der Waals surface area contributed by atoms with E-state index in [1.165, 1.54) is 28.7 Å². The number of nitrogens with zero attached hydrogens (tertiary/aromatic N) is 2. The average molecular weight is 299 g/mol. The van der Waals surface area contributed by atoms with Crippen LogP contribution in [0.4, 0.5) is 5.69 Å². The Bertz CT molecular complexity index is 866. The molecule has 21 heavy (non-hydrogen) atoms. The van der Waals surface area contributed by atoms with Gasteiger partial charge in [-0.2, -0.15) is 0 Å². The largest absolute Gasteiger partial charge is 0.379 e. The van der Waals surface area contributed by atoms with Crippen molar-refractivity contribution in [3.63, 3.8) is 0 Å². The zero-order chi connectivity index (χ0) is 14.8. The maximum absolute atomic E-state index is 11.9. The van der Waals surface area contributed by atoms with Crippen LogP contribution in [0, 0.1) is 0 Å². The van der Waals surface area contributed by atoms with E-state index >= 15 is 0 Å². The van der Waals surface area contributed by atoms with Crippen LogP contribution in [0.1, 0.15) is 23.0 Å². The van der Waals surface area contributed by atoms with Gasteiger partial charge in [0.05, 0.1) is 12.2 Å². The second-order valence-electron chi connectivity index (χ2n) is 4.60. The highest BCUT2D eigenvalue weighted by Gasteiger charge is 2.07. The second kappa shape index (κ2) is 5.49. The molecule has 0 saturated heterocycles. The predicted molar refractivity (Wildman–Crippen MR) is 83.1 cm³/mol. The summed E-state index contributed by atoms with van der Waals surface area (Å²) in [5.74, 6) is -0.000150. The number of rotatable bonds is 4. The molecule has 5 nitrogen and oxygen atoms in total. The number of benzene rings is 1. The first-order valence-corrected chi connectivity index (χ1v) is 7.33. The number of ketones is 1. The van der Waals surface area contributed by atoms with Gasteiger partial charge in [0.1, 0.15) is 0 Å². The van der Waals surface area contributed by atoms with Crippen molar-refractivity contribution in [3.8, 4) is 0 Å². The number of nitrogens with one attached hydrogen (secondary N) is 1. The summed E-state index contributed by atoms with van der Waals surface area (Å²) < 4.78 is 1.51. The number of thiazole rings is 1. The zero-order valence-corrected chi connectivity index (χ0v) is 12.2. The molecule has 0 radical (unpaired) electrons. The molecule has 0 atom stereocenters. The van der Waals surface area contributed by atoms with Crippen molar-refractivity contribution in [3.05, 3.63) is 63.5 Å². The molecule has 0 bridgehead atoms. The van der Waals surface area contributed by atoms with Gasteiger partial charge < -0.3 is 5.32 Å². The minimum absolute atomic E-state index is 0.000150.